The minimum atomic E-state index is -0.0812. The normalized spacial score (nSPS) is 12.3. The highest BCUT2D eigenvalue weighted by atomic mass is 16.2. The summed E-state index contributed by atoms with van der Waals surface area (Å²) in [5.41, 5.74) is 0. The van der Waals surface area contributed by atoms with Gasteiger partial charge >= 0.3 is 0 Å². The fraction of sp³-hybridized carbons (Fsp3) is 0.818. The summed E-state index contributed by atoms with van der Waals surface area (Å²) >= 11 is 0. The van der Waals surface area contributed by atoms with Crippen molar-refractivity contribution in [3.63, 3.8) is 0 Å². The molecule has 16 heavy (non-hydrogen) atoms. The molecule has 0 fully saturated rings. The van der Waals surface area contributed by atoms with Gasteiger partial charge in [0.15, 0.2) is 0 Å². The molecule has 5 nitrogen and oxygen atoms in total. The van der Waals surface area contributed by atoms with Crippen LogP contribution in [-0.2, 0) is 9.59 Å². The maximum Gasteiger partial charge on any atom is 0.237 e. The van der Waals surface area contributed by atoms with E-state index in [9.17, 15) is 9.59 Å². The third kappa shape index (κ3) is 6.40. The third-order valence-electron chi connectivity index (χ3n) is 2.45. The van der Waals surface area contributed by atoms with E-state index in [4.69, 9.17) is 0 Å². The molecule has 0 aromatic heterocycles. The Kier molecular flexibility index (Phi) is 7.54. The molecule has 0 aromatic rings. The molecule has 0 saturated heterocycles. The molecule has 0 radical (unpaired) electrons. The van der Waals surface area contributed by atoms with Gasteiger partial charge < -0.3 is 10.6 Å². The van der Waals surface area contributed by atoms with E-state index in [0.717, 1.165) is 19.3 Å². The Morgan fingerprint density at radius 3 is 2.31 bits per heavy atom. The van der Waals surface area contributed by atoms with Gasteiger partial charge in [-0.25, -0.2) is 0 Å². The number of carbonyl (C=O) groups excluding carboxylic acids is 2. The standard InChI is InChI=1S/C11H23N3O2/c1-9(15)13-8-6-5-7-10(14(3)4)11(16)12-2/h10H,5-8H2,1-4H3,(H,12,16)(H,13,15)/i2+1,13+1. The first-order valence-corrected chi connectivity index (χ1v) is 5.61. The molecule has 5 heteroatoms. The van der Waals surface area contributed by atoms with Crippen LogP contribution in [-0.4, -0.2) is 50.4 Å². The van der Waals surface area contributed by atoms with E-state index in [1.165, 1.54) is 6.92 Å². The first-order valence-electron chi connectivity index (χ1n) is 5.61. The molecule has 0 heterocycles. The van der Waals surface area contributed by atoms with Gasteiger partial charge in [-0.3, -0.25) is 14.5 Å². The number of unbranched alkanes of at least 4 members (excludes halogenated alkanes) is 1. The smallest absolute Gasteiger partial charge is 0.237 e. The lowest BCUT2D eigenvalue weighted by Gasteiger charge is -2.22. The number of nitrogens with zero attached hydrogens (tertiary/aromatic N) is 1. The number of rotatable bonds is 7. The summed E-state index contributed by atoms with van der Waals surface area (Å²) in [5.74, 6) is 0.0417. The van der Waals surface area contributed by atoms with Crippen LogP contribution in [0.25, 0.3) is 0 Å². The van der Waals surface area contributed by atoms with Crippen molar-refractivity contribution in [1.82, 2.24) is 15.5 Å². The molecule has 2 N–H and O–H groups in total. The number of carbonyl (C=O) groups is 2. The van der Waals surface area contributed by atoms with Gasteiger partial charge in [0.2, 0.25) is 11.8 Å². The van der Waals surface area contributed by atoms with Crippen LogP contribution >= 0.6 is 0 Å². The number of nitrogens with one attached hydrogen (secondary N) is 2. The first kappa shape index (κ1) is 14.9. The first-order chi connectivity index (χ1) is 7.49. The highest BCUT2D eigenvalue weighted by Gasteiger charge is 2.18. The van der Waals surface area contributed by atoms with Crippen molar-refractivity contribution in [2.45, 2.75) is 32.2 Å². The van der Waals surface area contributed by atoms with Gasteiger partial charge in [0, 0.05) is 20.5 Å². The lowest BCUT2D eigenvalue weighted by Crippen LogP contribution is -2.42. The minimum absolute atomic E-state index is 0.00420. The zero-order valence-corrected chi connectivity index (χ0v) is 10.7. The molecular weight excluding hydrogens is 208 g/mol. The summed E-state index contributed by atoms with van der Waals surface area (Å²) in [5, 5.41) is 5.39. The van der Waals surface area contributed by atoms with Crippen LogP contribution in [0, 0.1) is 0 Å². The Balaban J connectivity index is 3.77. The van der Waals surface area contributed by atoms with Gasteiger partial charge in [-0.05, 0) is 33.4 Å². The second kappa shape index (κ2) is 8.10. The zero-order valence-electron chi connectivity index (χ0n) is 10.7. The number of hydrogen-bond acceptors (Lipinski definition) is 3. The second-order valence-electron chi connectivity index (χ2n) is 4.07. The van der Waals surface area contributed by atoms with Crippen molar-refractivity contribution in [1.29, 1.82) is 0 Å². The predicted octanol–water partition coefficient (Wildman–Crippen LogP) is -0.0310. The molecule has 0 aliphatic carbocycles. The molecule has 0 rings (SSSR count). The highest BCUT2D eigenvalue weighted by molar-refractivity contribution is 5.81. The Bertz CT molecular complexity index is 229. The van der Waals surface area contributed by atoms with Gasteiger partial charge in [0.05, 0.1) is 6.04 Å². The van der Waals surface area contributed by atoms with Crippen LogP contribution < -0.4 is 10.6 Å². The van der Waals surface area contributed by atoms with Crippen LogP contribution in [0.4, 0.5) is 0 Å². The average molecular weight is 231 g/mol. The molecule has 0 aromatic carbocycles. The highest BCUT2D eigenvalue weighted by Crippen LogP contribution is 2.05. The van der Waals surface area contributed by atoms with Crippen molar-refractivity contribution in [2.24, 2.45) is 0 Å². The van der Waals surface area contributed by atoms with Crippen molar-refractivity contribution in [2.75, 3.05) is 27.7 Å². The maximum atomic E-state index is 11.5. The SMILES string of the molecule is CC(=O)[15NH]CCCCC(C(=O)N[13CH3])N(C)C. The van der Waals surface area contributed by atoms with Crippen LogP contribution in [0.5, 0.6) is 0 Å². The topological polar surface area (TPSA) is 61.4 Å². The van der Waals surface area contributed by atoms with Gasteiger partial charge in [-0.15, -0.1) is 0 Å². The van der Waals surface area contributed by atoms with Gasteiger partial charge in [-0.2, -0.15) is 0 Å². The third-order valence-corrected chi connectivity index (χ3v) is 2.45. The van der Waals surface area contributed by atoms with E-state index < -0.39 is 0 Å². The summed E-state index contributed by atoms with van der Waals surface area (Å²) in [4.78, 5) is 24.0. The Morgan fingerprint density at radius 1 is 1.25 bits per heavy atom. The molecule has 0 saturated carbocycles. The molecule has 0 bridgehead atoms. The molecule has 94 valence electrons. The Labute approximate surface area is 97.6 Å². The summed E-state index contributed by atoms with van der Waals surface area (Å²) in [6, 6.07) is -0.0812. The fourth-order valence-corrected chi connectivity index (χ4v) is 1.52. The zero-order chi connectivity index (χ0) is 12.6. The van der Waals surface area contributed by atoms with E-state index >= 15 is 0 Å². The number of hydrogen-bond donors (Lipinski definition) is 2. The van der Waals surface area contributed by atoms with E-state index in [2.05, 4.69) is 10.6 Å². The minimum Gasteiger partial charge on any atom is -0.358 e. The molecule has 0 aliphatic rings. The molecule has 1 atom stereocenters. The molecule has 0 aliphatic heterocycles. The lowest BCUT2D eigenvalue weighted by atomic mass is 10.1. The van der Waals surface area contributed by atoms with Crippen LogP contribution in [0.1, 0.15) is 26.2 Å². The maximum absolute atomic E-state index is 11.5. The van der Waals surface area contributed by atoms with E-state index in [0.29, 0.717) is 6.54 Å². The van der Waals surface area contributed by atoms with Crippen LogP contribution in [0.15, 0.2) is 0 Å². The molecular formula is C11H23N3O2. The van der Waals surface area contributed by atoms with Crippen LogP contribution in [0.3, 0.4) is 0 Å². The average Bonchev–Trinajstić information content (AvgIpc) is 2.21. The summed E-state index contributed by atoms with van der Waals surface area (Å²) < 4.78 is 0. The summed E-state index contributed by atoms with van der Waals surface area (Å²) in [7, 11) is 5.44. The molecule has 0 spiro atoms. The van der Waals surface area contributed by atoms with E-state index in [1.807, 2.05) is 19.0 Å². The summed E-state index contributed by atoms with van der Waals surface area (Å²) in [6.45, 7) is 2.19. The fourth-order valence-electron chi connectivity index (χ4n) is 1.52. The predicted molar refractivity (Wildman–Crippen MR) is 64.1 cm³/mol. The quantitative estimate of drug-likeness (QED) is 0.367. The molecule has 1 unspecified atom stereocenters. The number of amides is 2. The lowest BCUT2D eigenvalue weighted by molar-refractivity contribution is -0.125. The Morgan fingerprint density at radius 2 is 1.88 bits per heavy atom. The number of likely N-dealkylation sites (N-methyl/N-ethyl adjacent to an activating group) is 2. The second-order valence-corrected chi connectivity index (χ2v) is 4.07. The largest absolute Gasteiger partial charge is 0.358 e. The Hall–Kier alpha value is -1.10. The summed E-state index contributed by atoms with van der Waals surface area (Å²) in [6.07, 6.45) is 2.64. The van der Waals surface area contributed by atoms with Crippen LogP contribution in [0.2, 0.25) is 0 Å². The van der Waals surface area contributed by atoms with E-state index in [-0.39, 0.29) is 17.9 Å². The van der Waals surface area contributed by atoms with Gasteiger partial charge in [0.1, 0.15) is 0 Å². The monoisotopic (exact) mass is 231 g/mol. The van der Waals surface area contributed by atoms with E-state index in [1.54, 1.807) is 7.05 Å². The molecule has 2 amide bonds. The van der Waals surface area contributed by atoms with Gasteiger partial charge in [-0.1, -0.05) is 0 Å². The van der Waals surface area contributed by atoms with Crippen molar-refractivity contribution in [3.05, 3.63) is 0 Å². The van der Waals surface area contributed by atoms with Gasteiger partial charge in [0.25, 0.3) is 0 Å². The van der Waals surface area contributed by atoms with Crippen molar-refractivity contribution < 1.29 is 9.59 Å². The van der Waals surface area contributed by atoms with Crippen molar-refractivity contribution in [3.8, 4) is 0 Å². The van der Waals surface area contributed by atoms with Crippen molar-refractivity contribution >= 4 is 11.8 Å².